The van der Waals surface area contributed by atoms with Crippen molar-refractivity contribution >= 4 is 17.2 Å². The maximum Gasteiger partial charge on any atom is 0.236 e. The van der Waals surface area contributed by atoms with E-state index in [-0.39, 0.29) is 5.91 Å². The van der Waals surface area contributed by atoms with E-state index in [1.807, 2.05) is 22.0 Å². The van der Waals surface area contributed by atoms with Crippen molar-refractivity contribution in [3.8, 4) is 0 Å². The average molecular weight is 333 g/mol. The molecule has 124 valence electrons. The molecule has 7 heteroatoms. The van der Waals surface area contributed by atoms with E-state index >= 15 is 0 Å². The highest BCUT2D eigenvalue weighted by atomic mass is 32.1. The number of nitrogens with zero attached hydrogens (tertiary/aromatic N) is 5. The van der Waals surface area contributed by atoms with Gasteiger partial charge in [-0.1, -0.05) is 6.42 Å². The van der Waals surface area contributed by atoms with Crippen LogP contribution in [0.2, 0.25) is 0 Å². The van der Waals surface area contributed by atoms with Gasteiger partial charge in [-0.3, -0.25) is 14.4 Å². The molecular weight excluding hydrogens is 310 g/mol. The Bertz CT molecular complexity index is 598. The van der Waals surface area contributed by atoms with Crippen molar-refractivity contribution in [1.29, 1.82) is 0 Å². The molecule has 0 radical (unpaired) electrons. The van der Waals surface area contributed by atoms with Gasteiger partial charge in [0.05, 0.1) is 13.1 Å². The molecule has 3 heterocycles. The van der Waals surface area contributed by atoms with Crippen LogP contribution in [-0.4, -0.2) is 56.7 Å². The molecule has 3 rings (SSSR count). The molecule has 23 heavy (non-hydrogen) atoms. The summed E-state index contributed by atoms with van der Waals surface area (Å²) in [4.78, 5) is 20.7. The van der Waals surface area contributed by atoms with Crippen LogP contribution in [0, 0.1) is 0 Å². The Balaban J connectivity index is 1.56. The van der Waals surface area contributed by atoms with E-state index in [0.29, 0.717) is 19.1 Å². The van der Waals surface area contributed by atoms with E-state index in [1.54, 1.807) is 24.0 Å². The molecular formula is C16H23N5OS. The number of hydrogen-bond acceptors (Lipinski definition) is 5. The number of hydrogen-bond donors (Lipinski definition) is 0. The SMILES string of the molecule is CN(Cc1ccsc1)C(=O)CN1CCCCC1Cn1cncn1. The lowest BCUT2D eigenvalue weighted by molar-refractivity contribution is -0.132. The van der Waals surface area contributed by atoms with Crippen LogP contribution in [0.3, 0.4) is 0 Å². The highest BCUT2D eigenvalue weighted by molar-refractivity contribution is 7.07. The van der Waals surface area contributed by atoms with Gasteiger partial charge in [-0.05, 0) is 41.8 Å². The Kier molecular flexibility index (Phi) is 5.40. The molecule has 0 spiro atoms. The Morgan fingerprint density at radius 2 is 2.39 bits per heavy atom. The molecule has 1 saturated heterocycles. The first-order valence-electron chi connectivity index (χ1n) is 8.04. The molecule has 2 aromatic rings. The predicted octanol–water partition coefficient (Wildman–Crippen LogP) is 1.85. The summed E-state index contributed by atoms with van der Waals surface area (Å²) in [6.45, 7) is 2.96. The van der Waals surface area contributed by atoms with Gasteiger partial charge in [0.25, 0.3) is 0 Å². The fourth-order valence-electron chi connectivity index (χ4n) is 3.06. The second-order valence-corrected chi connectivity index (χ2v) is 6.90. The number of thiophene rings is 1. The minimum Gasteiger partial charge on any atom is -0.340 e. The maximum atomic E-state index is 12.5. The standard InChI is InChI=1S/C16H23N5OS/c1-19(8-14-5-7-23-11-14)16(22)10-20-6-3-2-4-15(20)9-21-13-17-12-18-21/h5,7,11-13,15H,2-4,6,8-10H2,1H3. The minimum atomic E-state index is 0.182. The summed E-state index contributed by atoms with van der Waals surface area (Å²) in [6.07, 6.45) is 6.80. The molecule has 2 aromatic heterocycles. The van der Waals surface area contributed by atoms with E-state index in [9.17, 15) is 4.79 Å². The lowest BCUT2D eigenvalue weighted by atomic mass is 10.0. The number of likely N-dealkylation sites (N-methyl/N-ethyl adjacent to an activating group) is 1. The van der Waals surface area contributed by atoms with Crippen LogP contribution in [0.25, 0.3) is 0 Å². The Labute approximate surface area is 140 Å². The molecule has 1 amide bonds. The number of piperidine rings is 1. The van der Waals surface area contributed by atoms with E-state index in [0.717, 1.165) is 25.9 Å². The fraction of sp³-hybridized carbons (Fsp3) is 0.562. The van der Waals surface area contributed by atoms with Crippen LogP contribution in [0.4, 0.5) is 0 Å². The molecule has 1 aliphatic rings. The fourth-order valence-corrected chi connectivity index (χ4v) is 3.72. The number of rotatable bonds is 6. The first-order chi connectivity index (χ1) is 11.2. The third-order valence-corrected chi connectivity index (χ3v) is 5.11. The van der Waals surface area contributed by atoms with Crippen LogP contribution >= 0.6 is 11.3 Å². The van der Waals surface area contributed by atoms with Crippen molar-refractivity contribution in [3.63, 3.8) is 0 Å². The zero-order valence-corrected chi connectivity index (χ0v) is 14.3. The van der Waals surface area contributed by atoms with Gasteiger partial charge in [0.15, 0.2) is 0 Å². The Morgan fingerprint density at radius 3 is 3.13 bits per heavy atom. The molecule has 0 saturated carbocycles. The zero-order chi connectivity index (χ0) is 16.1. The smallest absolute Gasteiger partial charge is 0.236 e. The topological polar surface area (TPSA) is 54.3 Å². The second-order valence-electron chi connectivity index (χ2n) is 6.12. The van der Waals surface area contributed by atoms with E-state index in [2.05, 4.69) is 26.4 Å². The molecule has 0 bridgehead atoms. The van der Waals surface area contributed by atoms with Gasteiger partial charge in [-0.2, -0.15) is 16.4 Å². The summed E-state index contributed by atoms with van der Waals surface area (Å²) < 4.78 is 1.86. The summed E-state index contributed by atoms with van der Waals surface area (Å²) >= 11 is 1.67. The third-order valence-electron chi connectivity index (χ3n) is 4.38. The van der Waals surface area contributed by atoms with Crippen molar-refractivity contribution in [3.05, 3.63) is 35.0 Å². The first-order valence-corrected chi connectivity index (χ1v) is 8.98. The van der Waals surface area contributed by atoms with Crippen LogP contribution in [0.1, 0.15) is 24.8 Å². The van der Waals surface area contributed by atoms with Gasteiger partial charge in [-0.15, -0.1) is 0 Å². The molecule has 0 aliphatic carbocycles. The predicted molar refractivity (Wildman–Crippen MR) is 90.0 cm³/mol. The summed E-state index contributed by atoms with van der Waals surface area (Å²) in [5.74, 6) is 0.182. The maximum absolute atomic E-state index is 12.5. The lowest BCUT2D eigenvalue weighted by Crippen LogP contribution is -2.47. The number of aromatic nitrogens is 3. The largest absolute Gasteiger partial charge is 0.340 e. The summed E-state index contributed by atoms with van der Waals surface area (Å²) in [5, 5.41) is 8.34. The third kappa shape index (κ3) is 4.39. The first kappa shape index (κ1) is 16.1. The van der Waals surface area contributed by atoms with E-state index in [4.69, 9.17) is 0 Å². The van der Waals surface area contributed by atoms with Gasteiger partial charge in [0, 0.05) is 19.6 Å². The number of carbonyl (C=O) groups excluding carboxylic acids is 1. The Hall–Kier alpha value is -1.73. The zero-order valence-electron chi connectivity index (χ0n) is 13.5. The normalized spacial score (nSPS) is 18.9. The van der Waals surface area contributed by atoms with Crippen LogP contribution in [-0.2, 0) is 17.9 Å². The Morgan fingerprint density at radius 1 is 1.48 bits per heavy atom. The van der Waals surface area contributed by atoms with E-state index < -0.39 is 0 Å². The lowest BCUT2D eigenvalue weighted by Gasteiger charge is -2.35. The van der Waals surface area contributed by atoms with Crippen LogP contribution in [0.5, 0.6) is 0 Å². The van der Waals surface area contributed by atoms with Gasteiger partial charge in [0.2, 0.25) is 5.91 Å². The summed E-state index contributed by atoms with van der Waals surface area (Å²) in [5.41, 5.74) is 1.20. The monoisotopic (exact) mass is 333 g/mol. The molecule has 0 aromatic carbocycles. The average Bonchev–Trinajstić information content (AvgIpc) is 3.23. The molecule has 1 fully saturated rings. The number of carbonyl (C=O) groups is 1. The van der Waals surface area contributed by atoms with Crippen molar-refractivity contribution in [2.45, 2.75) is 38.4 Å². The molecule has 1 atom stereocenters. The van der Waals surface area contributed by atoms with Gasteiger partial charge < -0.3 is 4.90 Å². The quantitative estimate of drug-likeness (QED) is 0.810. The van der Waals surface area contributed by atoms with E-state index in [1.165, 1.54) is 12.0 Å². The summed E-state index contributed by atoms with van der Waals surface area (Å²) in [7, 11) is 1.89. The highest BCUT2D eigenvalue weighted by Gasteiger charge is 2.26. The van der Waals surface area contributed by atoms with Crippen molar-refractivity contribution in [1.82, 2.24) is 24.6 Å². The van der Waals surface area contributed by atoms with Gasteiger partial charge in [-0.25, -0.2) is 4.98 Å². The van der Waals surface area contributed by atoms with Crippen LogP contribution < -0.4 is 0 Å². The van der Waals surface area contributed by atoms with Crippen LogP contribution in [0.15, 0.2) is 29.5 Å². The minimum absolute atomic E-state index is 0.182. The van der Waals surface area contributed by atoms with Crippen molar-refractivity contribution < 1.29 is 4.79 Å². The van der Waals surface area contributed by atoms with Crippen molar-refractivity contribution in [2.24, 2.45) is 0 Å². The highest BCUT2D eigenvalue weighted by Crippen LogP contribution is 2.18. The molecule has 6 nitrogen and oxygen atoms in total. The van der Waals surface area contributed by atoms with Gasteiger partial charge >= 0.3 is 0 Å². The molecule has 1 aliphatic heterocycles. The van der Waals surface area contributed by atoms with Crippen molar-refractivity contribution in [2.75, 3.05) is 20.1 Å². The number of likely N-dealkylation sites (tertiary alicyclic amines) is 1. The molecule has 1 unspecified atom stereocenters. The van der Waals surface area contributed by atoms with Gasteiger partial charge in [0.1, 0.15) is 12.7 Å². The number of amides is 1. The molecule has 0 N–H and O–H groups in total. The summed E-state index contributed by atoms with van der Waals surface area (Å²) in [6, 6.07) is 2.44. The second kappa shape index (κ2) is 7.70.